The van der Waals surface area contributed by atoms with E-state index in [1.165, 1.54) is 0 Å². The van der Waals surface area contributed by atoms with Crippen molar-refractivity contribution in [1.29, 1.82) is 0 Å². The van der Waals surface area contributed by atoms with E-state index >= 15 is 0 Å². The van der Waals surface area contributed by atoms with E-state index in [1.54, 1.807) is 0 Å². The summed E-state index contributed by atoms with van der Waals surface area (Å²) in [7, 11) is 0. The molecule has 1 N–H and O–H groups in total. The number of ether oxygens (including phenoxy) is 3. The summed E-state index contributed by atoms with van der Waals surface area (Å²) in [6.07, 6.45) is 0.728. The highest BCUT2D eigenvalue weighted by molar-refractivity contribution is 5.82. The van der Waals surface area contributed by atoms with Gasteiger partial charge in [0, 0.05) is 18.4 Å². The van der Waals surface area contributed by atoms with Crippen LogP contribution in [-0.2, 0) is 23.8 Å². The Labute approximate surface area is 234 Å². The minimum absolute atomic E-state index is 0.0266. The van der Waals surface area contributed by atoms with Gasteiger partial charge in [-0.2, -0.15) is 0 Å². The molecule has 0 saturated carbocycles. The zero-order valence-electron chi connectivity index (χ0n) is 22.2. The van der Waals surface area contributed by atoms with Crippen molar-refractivity contribution in [2.45, 2.75) is 55.7 Å². The van der Waals surface area contributed by atoms with E-state index in [2.05, 4.69) is 18.9 Å². The van der Waals surface area contributed by atoms with Gasteiger partial charge in [-0.3, -0.25) is 9.59 Å². The summed E-state index contributed by atoms with van der Waals surface area (Å²) in [6.45, 7) is 7.84. The molecule has 6 rings (SSSR count). The molecule has 0 spiro atoms. The predicted octanol–water partition coefficient (Wildman–Crippen LogP) is 6.62. The lowest BCUT2D eigenvalue weighted by atomic mass is 9.82. The first kappa shape index (κ1) is 27.4. The second-order valence-corrected chi connectivity index (χ2v) is 10.2. The fourth-order valence-electron chi connectivity index (χ4n) is 5.65. The van der Waals surface area contributed by atoms with Gasteiger partial charge < -0.3 is 19.3 Å². The maximum Gasteiger partial charge on any atom is 0.309 e. The minimum atomic E-state index is -0.864. The van der Waals surface area contributed by atoms with Gasteiger partial charge in [-0.15, -0.1) is 5.73 Å². The van der Waals surface area contributed by atoms with Crippen molar-refractivity contribution in [3.05, 3.63) is 132 Å². The number of carboxylic acid groups (broad SMARTS) is 1. The monoisotopic (exact) mass is 536 g/mol. The number of benzene rings is 3. The van der Waals surface area contributed by atoms with Crippen LogP contribution in [0.3, 0.4) is 0 Å². The molecular weight excluding hydrogens is 504 g/mol. The van der Waals surface area contributed by atoms with Crippen LogP contribution in [-0.4, -0.2) is 34.9 Å². The molecule has 0 amide bonds. The highest BCUT2D eigenvalue weighted by Crippen LogP contribution is 2.52. The zero-order valence-corrected chi connectivity index (χ0v) is 22.2. The number of carboxylic acids is 1. The minimum Gasteiger partial charge on any atom is -0.481 e. The number of esters is 1. The molecule has 0 aliphatic carbocycles. The van der Waals surface area contributed by atoms with Crippen LogP contribution in [0.4, 0.5) is 0 Å². The molecule has 0 radical (unpaired) electrons. The molecule has 3 aromatic carbocycles. The van der Waals surface area contributed by atoms with Gasteiger partial charge in [0.1, 0.15) is 6.10 Å². The van der Waals surface area contributed by atoms with Gasteiger partial charge in [-0.05, 0) is 22.3 Å². The predicted molar refractivity (Wildman–Crippen MR) is 151 cm³/mol. The number of carbonyl (C=O) groups excluding carboxylic acids is 1. The van der Waals surface area contributed by atoms with Gasteiger partial charge >= 0.3 is 11.9 Å². The third-order valence-electron chi connectivity index (χ3n) is 7.67. The van der Waals surface area contributed by atoms with Crippen molar-refractivity contribution in [2.75, 3.05) is 0 Å². The second kappa shape index (κ2) is 11.9. The number of fused-ring (bicyclic) bond motifs is 1. The first-order valence-corrected chi connectivity index (χ1v) is 13.4. The Morgan fingerprint density at radius 2 is 1.45 bits per heavy atom. The molecular formula is C34H32O6. The molecule has 3 aliphatic heterocycles. The molecule has 5 atom stereocenters. The fraction of sp³-hybridized carbons (Fsp3) is 0.265. The van der Waals surface area contributed by atoms with E-state index < -0.39 is 17.7 Å². The van der Waals surface area contributed by atoms with Crippen LogP contribution in [0.25, 0.3) is 5.57 Å². The molecule has 0 bridgehead atoms. The Morgan fingerprint density at radius 1 is 0.875 bits per heavy atom. The van der Waals surface area contributed by atoms with Crippen LogP contribution < -0.4 is 0 Å². The largest absolute Gasteiger partial charge is 0.481 e. The summed E-state index contributed by atoms with van der Waals surface area (Å²) < 4.78 is 17.7. The Balaban J connectivity index is 0.000000170. The molecule has 4 unspecified atom stereocenters. The van der Waals surface area contributed by atoms with Crippen LogP contribution in [0.1, 0.15) is 54.6 Å². The normalized spacial score (nSPS) is 26.7. The van der Waals surface area contributed by atoms with Crippen LogP contribution in [0.15, 0.2) is 115 Å². The molecule has 3 heterocycles. The smallest absolute Gasteiger partial charge is 0.309 e. The van der Waals surface area contributed by atoms with Crippen molar-refractivity contribution in [1.82, 2.24) is 0 Å². The molecule has 3 aliphatic rings. The van der Waals surface area contributed by atoms with E-state index in [4.69, 9.17) is 19.3 Å². The molecule has 3 saturated heterocycles. The number of carbonyl (C=O) groups is 2. The quantitative estimate of drug-likeness (QED) is 0.282. The van der Waals surface area contributed by atoms with Crippen LogP contribution in [0.2, 0.25) is 0 Å². The topological polar surface area (TPSA) is 82.1 Å². The van der Waals surface area contributed by atoms with Crippen molar-refractivity contribution in [3.8, 4) is 0 Å². The van der Waals surface area contributed by atoms with E-state index in [1.807, 2.05) is 91.0 Å². The summed E-state index contributed by atoms with van der Waals surface area (Å²) in [5, 5.41) is 8.80. The van der Waals surface area contributed by atoms with E-state index in [9.17, 15) is 9.59 Å². The molecule has 3 aromatic rings. The highest BCUT2D eigenvalue weighted by atomic mass is 16.6. The SMILES string of the molecule is C=C(c1ccccc1)[C@]12CC(c3ccccc3)OC1CC(=O)O2.C=C=C1CC(c2ccccc2)OC1CC(=O)O. The van der Waals surface area contributed by atoms with Gasteiger partial charge in [0.2, 0.25) is 0 Å². The van der Waals surface area contributed by atoms with Gasteiger partial charge in [0.05, 0.1) is 31.2 Å². The van der Waals surface area contributed by atoms with Gasteiger partial charge in [-0.25, -0.2) is 0 Å². The summed E-state index contributed by atoms with van der Waals surface area (Å²) >= 11 is 0. The van der Waals surface area contributed by atoms with Crippen LogP contribution >= 0.6 is 0 Å². The third-order valence-corrected chi connectivity index (χ3v) is 7.67. The summed E-state index contributed by atoms with van der Waals surface area (Å²) in [4.78, 5) is 22.6. The summed E-state index contributed by atoms with van der Waals surface area (Å²) in [5.41, 5.74) is 6.88. The van der Waals surface area contributed by atoms with Gasteiger partial charge in [-0.1, -0.05) is 104 Å². The number of hydrogen-bond donors (Lipinski definition) is 1. The standard InChI is InChI=1S/C20H18O3.C14H14O3/c1-14(15-8-4-2-5-9-15)20-13-17(16-10-6-3-7-11-16)22-18(20)12-19(21)23-20;1-2-10-8-12(11-6-4-3-5-7-11)17-13(10)9-14(15)16/h2-11,17-18H,1,12-13H2;3-7,12-13H,1,8-9H2,(H,15,16)/t17?,18?,20-;/m1./s1. The molecule has 0 aromatic heterocycles. The van der Waals surface area contributed by atoms with Crippen molar-refractivity contribution in [3.63, 3.8) is 0 Å². The lowest BCUT2D eigenvalue weighted by molar-refractivity contribution is -0.145. The maximum atomic E-state index is 11.9. The van der Waals surface area contributed by atoms with Crippen molar-refractivity contribution in [2.24, 2.45) is 0 Å². The molecule has 204 valence electrons. The van der Waals surface area contributed by atoms with Gasteiger partial charge in [0.15, 0.2) is 5.60 Å². The van der Waals surface area contributed by atoms with Crippen LogP contribution in [0.5, 0.6) is 0 Å². The van der Waals surface area contributed by atoms with Crippen molar-refractivity contribution >= 4 is 17.5 Å². The fourth-order valence-corrected chi connectivity index (χ4v) is 5.65. The molecule has 6 nitrogen and oxygen atoms in total. The van der Waals surface area contributed by atoms with Crippen LogP contribution in [0, 0.1) is 0 Å². The van der Waals surface area contributed by atoms with Gasteiger partial charge in [0.25, 0.3) is 0 Å². The van der Waals surface area contributed by atoms with E-state index in [-0.39, 0.29) is 37.1 Å². The maximum absolute atomic E-state index is 11.9. The Hall–Kier alpha value is -4.22. The number of rotatable bonds is 6. The average Bonchev–Trinajstić information content (AvgIpc) is 3.64. The number of hydrogen-bond acceptors (Lipinski definition) is 5. The highest BCUT2D eigenvalue weighted by Gasteiger charge is 2.58. The first-order valence-electron chi connectivity index (χ1n) is 13.4. The lowest BCUT2D eigenvalue weighted by Gasteiger charge is -2.28. The second-order valence-electron chi connectivity index (χ2n) is 10.2. The Morgan fingerprint density at radius 3 is 2.02 bits per heavy atom. The summed E-state index contributed by atoms with van der Waals surface area (Å²) in [6, 6.07) is 29.8. The first-order chi connectivity index (χ1) is 19.4. The molecule has 6 heteroatoms. The lowest BCUT2D eigenvalue weighted by Crippen LogP contribution is -2.36. The third kappa shape index (κ3) is 5.70. The van der Waals surface area contributed by atoms with E-state index in [0.717, 1.165) is 27.8 Å². The zero-order chi connectivity index (χ0) is 28.1. The Bertz CT molecular complexity index is 1410. The number of aliphatic carboxylic acids is 1. The van der Waals surface area contributed by atoms with E-state index in [0.29, 0.717) is 12.8 Å². The Kier molecular flexibility index (Phi) is 8.13. The summed E-state index contributed by atoms with van der Waals surface area (Å²) in [5.74, 6) is -1.07. The molecule has 40 heavy (non-hydrogen) atoms. The average molecular weight is 537 g/mol. The van der Waals surface area contributed by atoms with Crippen molar-refractivity contribution < 1.29 is 28.9 Å². The molecule has 3 fully saturated rings.